The van der Waals surface area contributed by atoms with Crippen LogP contribution in [0.3, 0.4) is 0 Å². The van der Waals surface area contributed by atoms with Crippen molar-refractivity contribution in [1.29, 1.82) is 0 Å². The minimum atomic E-state index is -0.980. The monoisotopic (exact) mass is 614 g/mol. The second kappa shape index (κ2) is 10.4. The Hall–Kier alpha value is -4.66. The van der Waals surface area contributed by atoms with Crippen molar-refractivity contribution < 1.29 is 19.1 Å². The third kappa shape index (κ3) is 3.68. The lowest BCUT2D eigenvalue weighted by atomic mass is 9.91. The Bertz CT molecular complexity index is 2200. The van der Waals surface area contributed by atoms with Gasteiger partial charge in [-0.2, -0.15) is 0 Å². The summed E-state index contributed by atoms with van der Waals surface area (Å²) in [5.41, 5.74) is 5.46. The van der Waals surface area contributed by atoms with Gasteiger partial charge in [0.25, 0.3) is 11.8 Å². The molecule has 0 aliphatic carbocycles. The minimum absolute atomic E-state index is 0.0446. The number of carbonyl (C=O) groups is 2. The first kappa shape index (κ1) is 28.8. The van der Waals surface area contributed by atoms with Gasteiger partial charge in [-0.25, -0.2) is 0 Å². The number of para-hydroxylation sites is 2. The summed E-state index contributed by atoms with van der Waals surface area (Å²) < 4.78 is 18.1. The van der Waals surface area contributed by atoms with E-state index in [1.165, 1.54) is 6.42 Å². The molecule has 5 heterocycles. The molecule has 8 heteroatoms. The van der Waals surface area contributed by atoms with Gasteiger partial charge in [0, 0.05) is 54.2 Å². The Balaban J connectivity index is 0.00000100. The van der Waals surface area contributed by atoms with E-state index in [4.69, 9.17) is 9.47 Å². The molecule has 234 valence electrons. The molecule has 0 spiro atoms. The molecular weight excluding hydrogens is 576 g/mol. The Morgan fingerprint density at radius 3 is 2.28 bits per heavy atom. The molecule has 3 aliphatic heterocycles. The Morgan fingerprint density at radius 1 is 0.957 bits per heavy atom. The first-order valence-corrected chi connectivity index (χ1v) is 16.2. The third-order valence-electron chi connectivity index (χ3n) is 10.0. The summed E-state index contributed by atoms with van der Waals surface area (Å²) in [5.74, 6) is -0.107. The number of methoxy groups -OCH3 is 1. The van der Waals surface area contributed by atoms with Crippen molar-refractivity contribution in [1.82, 2.24) is 19.4 Å². The zero-order valence-electron chi connectivity index (χ0n) is 26.8. The lowest BCUT2D eigenvalue weighted by Gasteiger charge is -2.50. The van der Waals surface area contributed by atoms with Crippen LogP contribution in [-0.2, 0) is 21.7 Å². The number of fused-ring (bicyclic) bond motifs is 13. The van der Waals surface area contributed by atoms with Crippen LogP contribution in [0, 0.1) is 0 Å². The highest BCUT2D eigenvalue weighted by atomic mass is 16.6. The van der Waals surface area contributed by atoms with Crippen LogP contribution in [0.15, 0.2) is 78.9 Å². The minimum Gasteiger partial charge on any atom is -0.374 e. The van der Waals surface area contributed by atoms with Gasteiger partial charge in [0.2, 0.25) is 0 Å². The van der Waals surface area contributed by atoms with E-state index in [0.29, 0.717) is 18.5 Å². The topological polar surface area (TPSA) is 77.7 Å². The average molecular weight is 615 g/mol. The van der Waals surface area contributed by atoms with Crippen LogP contribution in [0.25, 0.3) is 43.6 Å². The average Bonchev–Trinajstić information content (AvgIpc) is 3.72. The van der Waals surface area contributed by atoms with Crippen LogP contribution in [0.4, 0.5) is 0 Å². The highest BCUT2D eigenvalue weighted by Gasteiger charge is 2.55. The fraction of sp³-hybridized carbons (Fsp3) is 0.316. The molecule has 3 aliphatic rings. The van der Waals surface area contributed by atoms with E-state index in [9.17, 15) is 9.59 Å². The van der Waals surface area contributed by atoms with E-state index in [0.717, 1.165) is 54.7 Å². The van der Waals surface area contributed by atoms with Gasteiger partial charge in [-0.3, -0.25) is 9.59 Å². The summed E-state index contributed by atoms with van der Waals surface area (Å²) in [6.45, 7) is 6.81. The molecule has 2 amide bonds. The number of carbonyl (C=O) groups excluding carboxylic acids is 2. The van der Waals surface area contributed by atoms with Gasteiger partial charge in [-0.15, -0.1) is 0 Å². The van der Waals surface area contributed by atoms with Gasteiger partial charge in [-0.05, 0) is 36.8 Å². The summed E-state index contributed by atoms with van der Waals surface area (Å²) in [5, 5.41) is 7.24. The highest BCUT2D eigenvalue weighted by molar-refractivity contribution is 6.31. The van der Waals surface area contributed by atoms with Crippen molar-refractivity contribution in [2.24, 2.45) is 0 Å². The van der Waals surface area contributed by atoms with Gasteiger partial charge in [0.15, 0.2) is 5.72 Å². The fourth-order valence-corrected chi connectivity index (χ4v) is 8.33. The molecular formula is C38H38N4O4. The van der Waals surface area contributed by atoms with Gasteiger partial charge in [0.1, 0.15) is 12.3 Å². The van der Waals surface area contributed by atoms with E-state index in [1.807, 2.05) is 66.5 Å². The highest BCUT2D eigenvalue weighted by Crippen LogP contribution is 2.54. The van der Waals surface area contributed by atoms with Crippen LogP contribution in [0.1, 0.15) is 66.1 Å². The molecule has 0 saturated carbocycles. The van der Waals surface area contributed by atoms with Crippen molar-refractivity contribution in [3.63, 3.8) is 0 Å². The number of hydrogen-bond acceptors (Lipinski definition) is 4. The Labute approximate surface area is 267 Å². The van der Waals surface area contributed by atoms with Crippen molar-refractivity contribution in [2.45, 2.75) is 64.3 Å². The van der Waals surface area contributed by atoms with E-state index >= 15 is 0 Å². The maximum atomic E-state index is 13.9. The van der Waals surface area contributed by atoms with Crippen LogP contribution < -0.4 is 5.32 Å². The number of ether oxygens (including phenoxy) is 2. The number of rotatable bonds is 3. The largest absolute Gasteiger partial charge is 0.374 e. The predicted molar refractivity (Wildman–Crippen MR) is 181 cm³/mol. The second-order valence-electron chi connectivity index (χ2n) is 12.8. The van der Waals surface area contributed by atoms with Crippen LogP contribution in [0.5, 0.6) is 0 Å². The molecule has 46 heavy (non-hydrogen) atoms. The number of amides is 2. The van der Waals surface area contributed by atoms with Crippen LogP contribution in [0.2, 0.25) is 0 Å². The van der Waals surface area contributed by atoms with E-state index in [2.05, 4.69) is 59.5 Å². The number of nitrogens with zero attached hydrogens (tertiary/aromatic N) is 3. The van der Waals surface area contributed by atoms with Gasteiger partial charge in [-0.1, -0.05) is 74.9 Å². The van der Waals surface area contributed by atoms with Gasteiger partial charge < -0.3 is 28.8 Å². The number of benzene rings is 4. The third-order valence-corrected chi connectivity index (χ3v) is 10.0. The van der Waals surface area contributed by atoms with E-state index in [1.54, 1.807) is 7.11 Å². The summed E-state index contributed by atoms with van der Waals surface area (Å²) in [4.78, 5) is 29.2. The van der Waals surface area contributed by atoms with E-state index in [-0.39, 0.29) is 17.9 Å². The molecule has 0 unspecified atom stereocenters. The molecule has 1 saturated heterocycles. The first-order valence-electron chi connectivity index (χ1n) is 16.2. The Morgan fingerprint density at radius 2 is 1.59 bits per heavy atom. The van der Waals surface area contributed by atoms with Gasteiger partial charge in [0.05, 0.1) is 33.7 Å². The maximum Gasteiger partial charge on any atom is 0.253 e. The number of nitrogens with one attached hydrogen (secondary N) is 1. The molecule has 8 nitrogen and oxygen atoms in total. The van der Waals surface area contributed by atoms with Crippen molar-refractivity contribution in [3.8, 4) is 0 Å². The quantitative estimate of drug-likeness (QED) is 0.227. The molecule has 4 atom stereocenters. The number of hydrogen-bond donors (Lipinski definition) is 1. The molecule has 9 rings (SSSR count). The predicted octanol–water partition coefficient (Wildman–Crippen LogP) is 7.32. The van der Waals surface area contributed by atoms with E-state index < -0.39 is 18.1 Å². The standard InChI is InChI=1S/C35H30N4O4.C3H8/c1-35-32(42-3)25(37(2)34(41)19-11-5-4-6-12-19)17-26(43-35)38-23-15-9-7-13-20(23)28-29-22(18-36-33(29)40)27-21-14-8-10-16-24(21)39(35)31(27)30(28)38;1-3-2/h4-16,25-26,32H,17-18H2,1-3H3,(H,36,40);3H2,1-2H3/t25-,26-,32-,35+;/m1./s1. The zero-order chi connectivity index (χ0) is 31.9. The molecule has 2 aromatic heterocycles. The lowest BCUT2D eigenvalue weighted by Crippen LogP contribution is -2.61. The smallest absolute Gasteiger partial charge is 0.253 e. The number of aromatic nitrogens is 2. The molecule has 4 aromatic carbocycles. The summed E-state index contributed by atoms with van der Waals surface area (Å²) in [6.07, 6.45) is 0.864. The van der Waals surface area contributed by atoms with Crippen LogP contribution >= 0.6 is 0 Å². The second-order valence-corrected chi connectivity index (χ2v) is 12.8. The Kier molecular flexibility index (Phi) is 6.53. The fourth-order valence-electron chi connectivity index (χ4n) is 8.33. The normalized spacial score (nSPS) is 23.0. The molecule has 6 aromatic rings. The van der Waals surface area contributed by atoms with Crippen molar-refractivity contribution in [3.05, 3.63) is 95.6 Å². The van der Waals surface area contributed by atoms with Gasteiger partial charge >= 0.3 is 0 Å². The van der Waals surface area contributed by atoms with Crippen molar-refractivity contribution >= 4 is 55.4 Å². The first-order chi connectivity index (χ1) is 22.3. The SMILES string of the molecule is CCC.CO[C@@H]1[C@H](N(C)C(=O)c2ccccc2)C[C@H]2O[C@]1(C)n1c3ccccc3c3c4c(c5c6ccccc6n2c5c31)C(=O)NC4. The van der Waals surface area contributed by atoms with Crippen molar-refractivity contribution in [2.75, 3.05) is 14.2 Å². The molecule has 1 fully saturated rings. The lowest BCUT2D eigenvalue weighted by molar-refractivity contribution is -0.264. The summed E-state index contributed by atoms with van der Waals surface area (Å²) in [6, 6.07) is 25.7. The molecule has 0 radical (unpaired) electrons. The number of likely N-dealkylation sites (N-methyl/N-ethyl adjacent to an activating group) is 1. The maximum absolute atomic E-state index is 13.9. The molecule has 1 N–H and O–H groups in total. The summed E-state index contributed by atoms with van der Waals surface area (Å²) >= 11 is 0. The van der Waals surface area contributed by atoms with Crippen LogP contribution in [-0.4, -0.2) is 52.2 Å². The molecule has 2 bridgehead atoms. The zero-order valence-corrected chi connectivity index (χ0v) is 26.8. The summed E-state index contributed by atoms with van der Waals surface area (Å²) in [7, 11) is 3.57.